The van der Waals surface area contributed by atoms with E-state index < -0.39 is 0 Å². The van der Waals surface area contributed by atoms with Crippen LogP contribution in [0.4, 0.5) is 10.1 Å². The van der Waals surface area contributed by atoms with E-state index >= 15 is 0 Å². The van der Waals surface area contributed by atoms with Crippen molar-refractivity contribution in [2.45, 2.75) is 18.9 Å². The predicted molar refractivity (Wildman–Crippen MR) is 67.2 cm³/mol. The van der Waals surface area contributed by atoms with E-state index in [1.807, 2.05) is 7.05 Å². The van der Waals surface area contributed by atoms with Crippen molar-refractivity contribution in [3.63, 3.8) is 0 Å². The van der Waals surface area contributed by atoms with Crippen molar-refractivity contribution in [3.8, 4) is 5.75 Å². The molecule has 0 aromatic heterocycles. The molecule has 17 heavy (non-hydrogen) atoms. The number of benzene rings is 1. The number of nitrogens with zero attached hydrogens (tertiary/aromatic N) is 1. The van der Waals surface area contributed by atoms with Gasteiger partial charge < -0.3 is 15.0 Å². The van der Waals surface area contributed by atoms with Crippen LogP contribution in [0.25, 0.3) is 0 Å². The smallest absolute Gasteiger partial charge is 0.145 e. The lowest BCUT2D eigenvalue weighted by atomic mass is 10.0. The van der Waals surface area contributed by atoms with Gasteiger partial charge in [0.15, 0.2) is 0 Å². The number of piperidine rings is 1. The highest BCUT2D eigenvalue weighted by Gasteiger charge is 2.21. The van der Waals surface area contributed by atoms with Crippen molar-refractivity contribution in [2.24, 2.45) is 0 Å². The summed E-state index contributed by atoms with van der Waals surface area (Å²) in [4.78, 5) is 2.25. The lowest BCUT2D eigenvalue weighted by molar-refractivity contribution is 0.403. The molecule has 0 aliphatic carbocycles. The van der Waals surface area contributed by atoms with Crippen molar-refractivity contribution in [3.05, 3.63) is 24.0 Å². The molecular formula is C13H19FN2O. The van der Waals surface area contributed by atoms with Gasteiger partial charge in [-0.1, -0.05) is 0 Å². The third kappa shape index (κ3) is 2.69. The van der Waals surface area contributed by atoms with Gasteiger partial charge in [0.05, 0.1) is 12.8 Å². The van der Waals surface area contributed by atoms with E-state index in [0.717, 1.165) is 25.2 Å². The fourth-order valence-corrected chi connectivity index (χ4v) is 2.34. The minimum atomic E-state index is -0.257. The summed E-state index contributed by atoms with van der Waals surface area (Å²) in [7, 11) is 3.56. The molecule has 1 aromatic carbocycles. The van der Waals surface area contributed by atoms with Crippen LogP contribution in [-0.4, -0.2) is 33.3 Å². The van der Waals surface area contributed by atoms with Gasteiger partial charge in [0.25, 0.3) is 0 Å². The summed E-state index contributed by atoms with van der Waals surface area (Å²) in [6, 6.07) is 5.23. The molecule has 2 rings (SSSR count). The molecule has 4 heteroatoms. The van der Waals surface area contributed by atoms with Crippen molar-refractivity contribution in [1.29, 1.82) is 0 Å². The molecule has 0 bridgehead atoms. The zero-order valence-corrected chi connectivity index (χ0v) is 10.4. The number of likely N-dealkylation sites (N-methyl/N-ethyl adjacent to an activating group) is 1. The normalized spacial score (nSPS) is 20.4. The Morgan fingerprint density at radius 2 is 2.29 bits per heavy atom. The summed E-state index contributed by atoms with van der Waals surface area (Å²) < 4.78 is 18.4. The lowest BCUT2D eigenvalue weighted by Crippen LogP contribution is -2.44. The highest BCUT2D eigenvalue weighted by Crippen LogP contribution is 2.30. The van der Waals surface area contributed by atoms with E-state index in [-0.39, 0.29) is 5.82 Å². The van der Waals surface area contributed by atoms with Gasteiger partial charge >= 0.3 is 0 Å². The van der Waals surface area contributed by atoms with E-state index in [1.54, 1.807) is 13.2 Å². The monoisotopic (exact) mass is 238 g/mol. The van der Waals surface area contributed by atoms with Gasteiger partial charge in [-0.05, 0) is 32.0 Å². The van der Waals surface area contributed by atoms with Crippen LogP contribution >= 0.6 is 0 Å². The average Bonchev–Trinajstić information content (AvgIpc) is 2.38. The van der Waals surface area contributed by atoms with Gasteiger partial charge in [-0.2, -0.15) is 0 Å². The van der Waals surface area contributed by atoms with Crippen LogP contribution < -0.4 is 15.0 Å². The molecule has 1 aliphatic heterocycles. The Balaban J connectivity index is 2.20. The first kappa shape index (κ1) is 12.2. The Morgan fingerprint density at radius 1 is 1.47 bits per heavy atom. The topological polar surface area (TPSA) is 24.5 Å². The number of rotatable bonds is 3. The van der Waals surface area contributed by atoms with Crippen LogP contribution in [-0.2, 0) is 0 Å². The molecule has 0 saturated carbocycles. The van der Waals surface area contributed by atoms with Gasteiger partial charge in [0.1, 0.15) is 11.6 Å². The first-order chi connectivity index (χ1) is 8.24. The SMILES string of the molecule is CNC1CCCN(c2ccc(F)cc2OC)C1. The maximum Gasteiger partial charge on any atom is 0.145 e. The number of halogens is 1. The number of ether oxygens (including phenoxy) is 1. The Hall–Kier alpha value is -1.29. The molecule has 1 atom stereocenters. The highest BCUT2D eigenvalue weighted by atomic mass is 19.1. The standard InChI is InChI=1S/C13H19FN2O/c1-15-11-4-3-7-16(9-11)12-6-5-10(14)8-13(12)17-2/h5-6,8,11,15H,3-4,7,9H2,1-2H3. The van der Waals surface area contributed by atoms with E-state index in [4.69, 9.17) is 4.74 Å². The molecule has 1 unspecified atom stereocenters. The van der Waals surface area contributed by atoms with Crippen LogP contribution in [0.1, 0.15) is 12.8 Å². The second kappa shape index (κ2) is 5.36. The van der Waals surface area contributed by atoms with Crippen molar-refractivity contribution >= 4 is 5.69 Å². The van der Waals surface area contributed by atoms with Gasteiger partial charge in [-0.3, -0.25) is 0 Å². The molecule has 1 fully saturated rings. The zero-order valence-electron chi connectivity index (χ0n) is 10.4. The number of hydrogen-bond acceptors (Lipinski definition) is 3. The molecule has 0 radical (unpaired) electrons. The van der Waals surface area contributed by atoms with Crippen LogP contribution in [0.5, 0.6) is 5.75 Å². The van der Waals surface area contributed by atoms with Crippen LogP contribution in [0.3, 0.4) is 0 Å². The Morgan fingerprint density at radius 3 is 3.00 bits per heavy atom. The fraction of sp³-hybridized carbons (Fsp3) is 0.538. The first-order valence-corrected chi connectivity index (χ1v) is 6.00. The maximum absolute atomic E-state index is 13.1. The van der Waals surface area contributed by atoms with Gasteiger partial charge in [-0.25, -0.2) is 4.39 Å². The fourth-order valence-electron chi connectivity index (χ4n) is 2.34. The second-order valence-corrected chi connectivity index (χ2v) is 4.39. The molecule has 1 heterocycles. The number of hydrogen-bond donors (Lipinski definition) is 1. The Labute approximate surface area is 102 Å². The minimum Gasteiger partial charge on any atom is -0.494 e. The molecule has 0 spiro atoms. The molecule has 3 nitrogen and oxygen atoms in total. The second-order valence-electron chi connectivity index (χ2n) is 4.39. The molecule has 1 saturated heterocycles. The summed E-state index contributed by atoms with van der Waals surface area (Å²) in [5.41, 5.74) is 0.980. The molecule has 1 aliphatic rings. The van der Waals surface area contributed by atoms with E-state index in [1.165, 1.54) is 18.6 Å². The van der Waals surface area contributed by atoms with Crippen molar-refractivity contribution in [1.82, 2.24) is 5.32 Å². The number of methoxy groups -OCH3 is 1. The van der Waals surface area contributed by atoms with Crippen LogP contribution in [0.2, 0.25) is 0 Å². The Bertz CT molecular complexity index is 384. The third-order valence-electron chi connectivity index (χ3n) is 3.31. The molecule has 0 amide bonds. The summed E-state index contributed by atoms with van der Waals surface area (Å²) in [6.45, 7) is 1.94. The molecule has 1 N–H and O–H groups in total. The maximum atomic E-state index is 13.1. The van der Waals surface area contributed by atoms with E-state index in [0.29, 0.717) is 11.8 Å². The van der Waals surface area contributed by atoms with Gasteiger partial charge in [-0.15, -0.1) is 0 Å². The van der Waals surface area contributed by atoms with Crippen molar-refractivity contribution < 1.29 is 9.13 Å². The molecule has 1 aromatic rings. The number of nitrogens with one attached hydrogen (secondary N) is 1. The zero-order chi connectivity index (χ0) is 12.3. The Kier molecular flexibility index (Phi) is 3.84. The minimum absolute atomic E-state index is 0.257. The van der Waals surface area contributed by atoms with Crippen molar-refractivity contribution in [2.75, 3.05) is 32.1 Å². The first-order valence-electron chi connectivity index (χ1n) is 6.00. The van der Waals surface area contributed by atoms with Gasteiger partial charge in [0.2, 0.25) is 0 Å². The predicted octanol–water partition coefficient (Wildman–Crippen LogP) is 2.02. The van der Waals surface area contributed by atoms with E-state index in [9.17, 15) is 4.39 Å². The van der Waals surface area contributed by atoms with E-state index in [2.05, 4.69) is 10.2 Å². The third-order valence-corrected chi connectivity index (χ3v) is 3.31. The summed E-state index contributed by atoms with van der Waals surface area (Å²) in [6.07, 6.45) is 2.34. The van der Waals surface area contributed by atoms with Gasteiger partial charge in [0, 0.05) is 25.2 Å². The van der Waals surface area contributed by atoms with Crippen LogP contribution in [0.15, 0.2) is 18.2 Å². The van der Waals surface area contributed by atoms with Crippen LogP contribution in [0, 0.1) is 5.82 Å². The molecular weight excluding hydrogens is 219 g/mol. The summed E-state index contributed by atoms with van der Waals surface area (Å²) in [5, 5.41) is 3.30. The largest absolute Gasteiger partial charge is 0.494 e. The highest BCUT2D eigenvalue weighted by molar-refractivity contribution is 5.59. The molecule has 94 valence electrons. The number of anilines is 1. The summed E-state index contributed by atoms with van der Waals surface area (Å²) in [5.74, 6) is 0.356. The quantitative estimate of drug-likeness (QED) is 0.872. The lowest BCUT2D eigenvalue weighted by Gasteiger charge is -2.34. The average molecular weight is 238 g/mol. The summed E-state index contributed by atoms with van der Waals surface area (Å²) >= 11 is 0.